The third kappa shape index (κ3) is 2.80. The van der Waals surface area contributed by atoms with E-state index in [9.17, 15) is 0 Å². The highest BCUT2D eigenvalue weighted by molar-refractivity contribution is 8.03. The van der Waals surface area contributed by atoms with Crippen LogP contribution in [0.25, 0.3) is 0 Å². The van der Waals surface area contributed by atoms with E-state index in [1.54, 1.807) is 11.8 Å². The molecule has 1 heterocycles. The summed E-state index contributed by atoms with van der Waals surface area (Å²) in [6.45, 7) is 5.87. The summed E-state index contributed by atoms with van der Waals surface area (Å²) in [7, 11) is 0. The van der Waals surface area contributed by atoms with Gasteiger partial charge in [0, 0.05) is 0 Å². The first-order valence-corrected chi connectivity index (χ1v) is 4.82. The molecule has 2 nitrogen and oxygen atoms in total. The van der Waals surface area contributed by atoms with Crippen molar-refractivity contribution in [3.05, 3.63) is 11.1 Å². The van der Waals surface area contributed by atoms with E-state index < -0.39 is 0 Å². The monoisotopic (exact) mass is 183 g/mol. The molecule has 0 saturated heterocycles. The molecule has 1 aliphatic heterocycles. The first-order valence-electron chi connectivity index (χ1n) is 3.83. The molecule has 1 aliphatic rings. The summed E-state index contributed by atoms with van der Waals surface area (Å²) in [4.78, 5) is 5.27. The van der Waals surface area contributed by atoms with E-state index in [0.717, 1.165) is 10.8 Å². The van der Waals surface area contributed by atoms with Gasteiger partial charge in [-0.1, -0.05) is 17.7 Å². The summed E-state index contributed by atoms with van der Waals surface area (Å²) in [5, 5.41) is 1.06. The molecular weight excluding hydrogens is 170 g/mol. The summed E-state index contributed by atoms with van der Waals surface area (Å²) in [6.07, 6.45) is 2.06. The zero-order valence-corrected chi connectivity index (χ0v) is 8.42. The molecule has 0 atom stereocenters. The fourth-order valence-corrected chi connectivity index (χ4v) is 1.65. The van der Waals surface area contributed by atoms with Crippen LogP contribution in [-0.4, -0.2) is 11.4 Å². The van der Waals surface area contributed by atoms with Gasteiger partial charge in [0.05, 0.1) is 10.8 Å². The fourth-order valence-electron chi connectivity index (χ4n) is 0.814. The lowest BCUT2D eigenvalue weighted by molar-refractivity contribution is -0.0126. The predicted molar refractivity (Wildman–Crippen MR) is 52.3 cm³/mol. The van der Waals surface area contributed by atoms with Gasteiger partial charge in [-0.3, -0.25) is 10.3 Å². The molecule has 0 aromatic rings. The van der Waals surface area contributed by atoms with E-state index in [1.165, 1.54) is 0 Å². The van der Waals surface area contributed by atoms with Gasteiger partial charge in [-0.15, -0.1) is 5.92 Å². The highest BCUT2D eigenvalue weighted by Crippen LogP contribution is 2.25. The highest BCUT2D eigenvalue weighted by atomic mass is 32.2. The Kier molecular flexibility index (Phi) is 3.07. The quantitative estimate of drug-likeness (QED) is 0.661. The molecule has 0 aromatic carbocycles. The first kappa shape index (κ1) is 9.50. The second-order valence-corrected chi connectivity index (χ2v) is 4.05. The molecule has 1 N–H and O–H groups in total. The van der Waals surface area contributed by atoms with E-state index >= 15 is 0 Å². The molecule has 0 aliphatic carbocycles. The summed E-state index contributed by atoms with van der Waals surface area (Å²) in [6, 6.07) is 0. The van der Waals surface area contributed by atoms with Gasteiger partial charge < -0.3 is 0 Å². The smallest absolute Gasteiger partial charge is 0.111 e. The Morgan fingerprint density at radius 3 is 2.92 bits per heavy atom. The topological polar surface area (TPSA) is 21.3 Å². The normalized spacial score (nSPS) is 19.1. The lowest BCUT2D eigenvalue weighted by atomic mass is 10.1. The molecule has 0 radical (unpaired) electrons. The van der Waals surface area contributed by atoms with Crippen LogP contribution >= 0.6 is 11.8 Å². The largest absolute Gasteiger partial charge is 0.265 e. The molecular formula is C9H13NOS. The van der Waals surface area contributed by atoms with Crippen LogP contribution in [0.2, 0.25) is 0 Å². The van der Waals surface area contributed by atoms with Crippen LogP contribution in [0.5, 0.6) is 0 Å². The number of nitrogens with one attached hydrogen (secondary N) is 1. The average Bonchev–Trinajstić information content (AvgIpc) is 2.31. The maximum absolute atomic E-state index is 5.27. The second-order valence-electron chi connectivity index (χ2n) is 3.03. The van der Waals surface area contributed by atoms with E-state index in [-0.39, 0.29) is 5.60 Å². The summed E-state index contributed by atoms with van der Waals surface area (Å²) in [5.74, 6) is 6.64. The van der Waals surface area contributed by atoms with Gasteiger partial charge in [-0.2, -0.15) is 0 Å². The Hall–Kier alpha value is -0.590. The van der Waals surface area contributed by atoms with Gasteiger partial charge >= 0.3 is 0 Å². The molecule has 12 heavy (non-hydrogen) atoms. The van der Waals surface area contributed by atoms with Gasteiger partial charge in [-0.25, -0.2) is 0 Å². The van der Waals surface area contributed by atoms with Crippen molar-refractivity contribution in [2.24, 2.45) is 0 Å². The van der Waals surface area contributed by atoms with Crippen molar-refractivity contribution in [3.63, 3.8) is 0 Å². The Balaban J connectivity index is 2.38. The fraction of sp³-hybridized carbons (Fsp3) is 0.556. The van der Waals surface area contributed by atoms with Crippen molar-refractivity contribution in [2.45, 2.75) is 26.4 Å². The molecule has 0 spiro atoms. The molecule has 0 fully saturated rings. The van der Waals surface area contributed by atoms with Crippen molar-refractivity contribution in [3.8, 4) is 11.8 Å². The zero-order valence-electron chi connectivity index (χ0n) is 7.60. The van der Waals surface area contributed by atoms with Crippen LogP contribution in [0.1, 0.15) is 20.8 Å². The predicted octanol–water partition coefficient (Wildman–Crippen LogP) is 1.90. The minimum Gasteiger partial charge on any atom is -0.265 e. The van der Waals surface area contributed by atoms with Gasteiger partial charge in [0.15, 0.2) is 0 Å². The Morgan fingerprint density at radius 1 is 1.67 bits per heavy atom. The number of rotatable bonds is 2. The lowest BCUT2D eigenvalue weighted by Gasteiger charge is -2.11. The minimum atomic E-state index is -0.179. The molecule has 3 heteroatoms. The van der Waals surface area contributed by atoms with Crippen LogP contribution in [0.4, 0.5) is 0 Å². The molecule has 0 aromatic heterocycles. The number of hydrogen-bond donors (Lipinski definition) is 1. The van der Waals surface area contributed by atoms with Gasteiger partial charge in [-0.05, 0) is 26.8 Å². The van der Waals surface area contributed by atoms with E-state index in [1.807, 2.05) is 20.8 Å². The Labute approximate surface area is 77.7 Å². The van der Waals surface area contributed by atoms with E-state index in [0.29, 0.717) is 0 Å². The SMILES string of the molecule is CC#CCSC1=CC(C)(C)ON1. The van der Waals surface area contributed by atoms with Crippen molar-refractivity contribution in [1.82, 2.24) is 5.48 Å². The third-order valence-electron chi connectivity index (χ3n) is 1.37. The molecule has 66 valence electrons. The summed E-state index contributed by atoms with van der Waals surface area (Å²) >= 11 is 1.66. The van der Waals surface area contributed by atoms with Crippen LogP contribution in [0, 0.1) is 11.8 Å². The van der Waals surface area contributed by atoms with Crippen LogP contribution < -0.4 is 5.48 Å². The standard InChI is InChI=1S/C9H13NOS/c1-4-5-6-12-8-7-9(2,3)11-10-8/h7,10H,6H2,1-3H3. The average molecular weight is 183 g/mol. The second kappa shape index (κ2) is 3.88. The highest BCUT2D eigenvalue weighted by Gasteiger charge is 2.23. The number of hydrogen-bond acceptors (Lipinski definition) is 3. The Bertz CT molecular complexity index is 247. The van der Waals surface area contributed by atoms with Crippen molar-refractivity contribution >= 4 is 11.8 Å². The van der Waals surface area contributed by atoms with Gasteiger partial charge in [0.2, 0.25) is 0 Å². The van der Waals surface area contributed by atoms with Crippen LogP contribution in [-0.2, 0) is 4.84 Å². The molecule has 0 saturated carbocycles. The maximum atomic E-state index is 5.27. The first-order chi connectivity index (χ1) is 5.64. The summed E-state index contributed by atoms with van der Waals surface area (Å²) < 4.78 is 0. The van der Waals surface area contributed by atoms with Crippen molar-refractivity contribution < 1.29 is 4.84 Å². The molecule has 0 bridgehead atoms. The van der Waals surface area contributed by atoms with Crippen molar-refractivity contribution in [1.29, 1.82) is 0 Å². The third-order valence-corrected chi connectivity index (χ3v) is 2.17. The minimum absolute atomic E-state index is 0.179. The van der Waals surface area contributed by atoms with E-state index in [2.05, 4.69) is 23.4 Å². The Morgan fingerprint density at radius 2 is 2.42 bits per heavy atom. The van der Waals surface area contributed by atoms with Gasteiger partial charge in [0.25, 0.3) is 0 Å². The lowest BCUT2D eigenvalue weighted by Crippen LogP contribution is -2.20. The number of hydroxylamine groups is 1. The van der Waals surface area contributed by atoms with Crippen molar-refractivity contribution in [2.75, 3.05) is 5.75 Å². The maximum Gasteiger partial charge on any atom is 0.111 e. The van der Waals surface area contributed by atoms with Crippen LogP contribution in [0.3, 0.4) is 0 Å². The number of thioether (sulfide) groups is 1. The van der Waals surface area contributed by atoms with E-state index in [4.69, 9.17) is 4.84 Å². The molecule has 0 unspecified atom stereocenters. The van der Waals surface area contributed by atoms with Gasteiger partial charge in [0.1, 0.15) is 5.60 Å². The van der Waals surface area contributed by atoms with Crippen LogP contribution in [0.15, 0.2) is 11.1 Å². The molecule has 1 rings (SSSR count). The summed E-state index contributed by atoms with van der Waals surface area (Å²) in [5.41, 5.74) is 2.68. The molecule has 0 amide bonds. The zero-order chi connectivity index (χ0) is 9.03.